The molecule has 1 heterocycles. The number of allylic oxidation sites excluding steroid dienone is 1. The fraction of sp³-hybridized carbons (Fsp3) is 0.400. The van der Waals surface area contributed by atoms with Gasteiger partial charge in [-0.1, -0.05) is 6.08 Å². The third-order valence-electron chi connectivity index (χ3n) is 1.68. The zero-order chi connectivity index (χ0) is 8.97. The van der Waals surface area contributed by atoms with E-state index in [1.807, 2.05) is 13.0 Å². The summed E-state index contributed by atoms with van der Waals surface area (Å²) in [6, 6.07) is 2.10. The summed E-state index contributed by atoms with van der Waals surface area (Å²) in [5, 5.41) is 11.3. The number of aliphatic hydroxyl groups excluding tert-OH is 1. The first-order valence-corrected chi connectivity index (χ1v) is 4.96. The molecule has 1 atom stereocenters. The van der Waals surface area contributed by atoms with Gasteiger partial charge < -0.3 is 5.11 Å². The van der Waals surface area contributed by atoms with Crippen molar-refractivity contribution < 1.29 is 5.11 Å². The van der Waals surface area contributed by atoms with E-state index < -0.39 is 0 Å². The van der Waals surface area contributed by atoms with Crippen LogP contribution in [0.2, 0.25) is 0 Å². The number of hydrogen-bond donors (Lipinski definition) is 1. The predicted molar refractivity (Wildman–Crippen MR) is 53.6 cm³/mol. The van der Waals surface area contributed by atoms with Crippen molar-refractivity contribution in [2.24, 2.45) is 0 Å². The second kappa shape index (κ2) is 4.43. The van der Waals surface area contributed by atoms with Crippen LogP contribution in [0.4, 0.5) is 0 Å². The number of rotatable bonds is 4. The van der Waals surface area contributed by atoms with E-state index >= 15 is 0 Å². The van der Waals surface area contributed by atoms with Gasteiger partial charge >= 0.3 is 0 Å². The van der Waals surface area contributed by atoms with E-state index in [0.29, 0.717) is 0 Å². The van der Waals surface area contributed by atoms with Crippen LogP contribution < -0.4 is 0 Å². The standard InChI is InChI=1S/C10H14OS/c1-3-4-9-5-6-12-10(9)7-8(2)11/h3,5-6,8,11H,1,4,7H2,2H3. The fourth-order valence-corrected chi connectivity index (χ4v) is 2.19. The highest BCUT2D eigenvalue weighted by atomic mass is 32.1. The van der Waals surface area contributed by atoms with E-state index in [0.717, 1.165) is 12.8 Å². The van der Waals surface area contributed by atoms with Gasteiger partial charge in [-0.15, -0.1) is 17.9 Å². The van der Waals surface area contributed by atoms with Crippen LogP contribution in [0.25, 0.3) is 0 Å². The van der Waals surface area contributed by atoms with Crippen molar-refractivity contribution in [1.29, 1.82) is 0 Å². The van der Waals surface area contributed by atoms with Gasteiger partial charge in [0.1, 0.15) is 0 Å². The largest absolute Gasteiger partial charge is 0.393 e. The lowest BCUT2D eigenvalue weighted by Gasteiger charge is -2.03. The summed E-state index contributed by atoms with van der Waals surface area (Å²) in [6.45, 7) is 5.51. The summed E-state index contributed by atoms with van der Waals surface area (Å²) < 4.78 is 0. The Morgan fingerprint density at radius 3 is 3.08 bits per heavy atom. The Morgan fingerprint density at radius 1 is 1.75 bits per heavy atom. The predicted octanol–water partition coefficient (Wildman–Crippen LogP) is 2.40. The van der Waals surface area contributed by atoms with Crippen LogP contribution >= 0.6 is 11.3 Å². The third kappa shape index (κ3) is 2.47. The van der Waals surface area contributed by atoms with Crippen LogP contribution in [-0.4, -0.2) is 11.2 Å². The summed E-state index contributed by atoms with van der Waals surface area (Å²) >= 11 is 1.71. The van der Waals surface area contributed by atoms with Crippen molar-refractivity contribution in [3.63, 3.8) is 0 Å². The average molecular weight is 182 g/mol. The molecule has 2 heteroatoms. The van der Waals surface area contributed by atoms with E-state index in [9.17, 15) is 5.11 Å². The van der Waals surface area contributed by atoms with Gasteiger partial charge in [0.05, 0.1) is 6.10 Å². The molecule has 0 saturated carbocycles. The minimum atomic E-state index is -0.243. The highest BCUT2D eigenvalue weighted by Gasteiger charge is 2.05. The number of hydrogen-bond acceptors (Lipinski definition) is 2. The second-order valence-corrected chi connectivity index (χ2v) is 3.92. The number of aliphatic hydroxyl groups is 1. The minimum Gasteiger partial charge on any atom is -0.393 e. The minimum absolute atomic E-state index is 0.243. The molecule has 0 bridgehead atoms. The van der Waals surface area contributed by atoms with Gasteiger partial charge in [0.15, 0.2) is 0 Å². The Bertz CT molecular complexity index is 250. The SMILES string of the molecule is C=CCc1ccsc1CC(C)O. The van der Waals surface area contributed by atoms with E-state index in [4.69, 9.17) is 0 Å². The van der Waals surface area contributed by atoms with Gasteiger partial charge in [-0.2, -0.15) is 0 Å². The molecule has 1 N–H and O–H groups in total. The molecule has 12 heavy (non-hydrogen) atoms. The van der Waals surface area contributed by atoms with Gasteiger partial charge in [-0.25, -0.2) is 0 Å². The average Bonchev–Trinajstić information content (AvgIpc) is 2.37. The Labute approximate surface area is 77.4 Å². The topological polar surface area (TPSA) is 20.2 Å². The Kier molecular flexibility index (Phi) is 3.50. The Morgan fingerprint density at radius 2 is 2.50 bits per heavy atom. The maximum atomic E-state index is 9.20. The highest BCUT2D eigenvalue weighted by molar-refractivity contribution is 7.10. The van der Waals surface area contributed by atoms with Crippen molar-refractivity contribution in [2.45, 2.75) is 25.9 Å². The zero-order valence-corrected chi connectivity index (χ0v) is 8.10. The van der Waals surface area contributed by atoms with E-state index in [2.05, 4.69) is 18.0 Å². The Balaban J connectivity index is 2.69. The van der Waals surface area contributed by atoms with Crippen LogP contribution in [0.15, 0.2) is 24.1 Å². The van der Waals surface area contributed by atoms with E-state index in [-0.39, 0.29) is 6.10 Å². The molecule has 0 amide bonds. The van der Waals surface area contributed by atoms with Gasteiger partial charge in [0.25, 0.3) is 0 Å². The quantitative estimate of drug-likeness (QED) is 0.709. The zero-order valence-electron chi connectivity index (χ0n) is 7.29. The Hall–Kier alpha value is -0.600. The number of thiophene rings is 1. The lowest BCUT2D eigenvalue weighted by atomic mass is 10.1. The van der Waals surface area contributed by atoms with Crippen LogP contribution in [0, 0.1) is 0 Å². The van der Waals surface area contributed by atoms with Crippen LogP contribution in [0.1, 0.15) is 17.4 Å². The van der Waals surface area contributed by atoms with Crippen LogP contribution in [0.3, 0.4) is 0 Å². The molecule has 1 aromatic rings. The van der Waals surface area contributed by atoms with E-state index in [1.165, 1.54) is 10.4 Å². The first kappa shape index (κ1) is 9.49. The van der Waals surface area contributed by atoms with Crippen LogP contribution in [-0.2, 0) is 12.8 Å². The van der Waals surface area contributed by atoms with Crippen molar-refractivity contribution in [3.05, 3.63) is 34.5 Å². The molecule has 0 fully saturated rings. The lowest BCUT2D eigenvalue weighted by molar-refractivity contribution is 0.196. The summed E-state index contributed by atoms with van der Waals surface area (Å²) in [5.41, 5.74) is 1.30. The van der Waals surface area contributed by atoms with Crippen molar-refractivity contribution in [2.75, 3.05) is 0 Å². The third-order valence-corrected chi connectivity index (χ3v) is 2.67. The molecule has 0 spiro atoms. The molecule has 0 aromatic carbocycles. The first-order valence-electron chi connectivity index (χ1n) is 4.08. The molecular weight excluding hydrogens is 168 g/mol. The van der Waals surface area contributed by atoms with Gasteiger partial charge in [0.2, 0.25) is 0 Å². The molecule has 0 aliphatic heterocycles. The summed E-state index contributed by atoms with van der Waals surface area (Å²) in [4.78, 5) is 1.28. The summed E-state index contributed by atoms with van der Waals surface area (Å²) in [5.74, 6) is 0. The van der Waals surface area contributed by atoms with Gasteiger partial charge in [-0.3, -0.25) is 0 Å². The monoisotopic (exact) mass is 182 g/mol. The molecule has 1 unspecified atom stereocenters. The molecule has 1 aromatic heterocycles. The maximum absolute atomic E-state index is 9.20. The van der Waals surface area contributed by atoms with E-state index in [1.54, 1.807) is 11.3 Å². The first-order chi connectivity index (χ1) is 5.74. The molecule has 66 valence electrons. The lowest BCUT2D eigenvalue weighted by Crippen LogP contribution is -2.04. The smallest absolute Gasteiger partial charge is 0.0560 e. The maximum Gasteiger partial charge on any atom is 0.0560 e. The molecule has 1 nitrogen and oxygen atoms in total. The molecule has 0 aliphatic rings. The second-order valence-electron chi connectivity index (χ2n) is 2.91. The summed E-state index contributed by atoms with van der Waals surface area (Å²) in [6.07, 6.45) is 3.33. The van der Waals surface area contributed by atoms with Crippen molar-refractivity contribution in [3.8, 4) is 0 Å². The van der Waals surface area contributed by atoms with Crippen LogP contribution in [0.5, 0.6) is 0 Å². The van der Waals surface area contributed by atoms with Crippen molar-refractivity contribution >= 4 is 11.3 Å². The van der Waals surface area contributed by atoms with Crippen molar-refractivity contribution in [1.82, 2.24) is 0 Å². The highest BCUT2D eigenvalue weighted by Crippen LogP contribution is 2.19. The normalized spacial score (nSPS) is 12.8. The molecular formula is C10H14OS. The molecule has 0 radical (unpaired) electrons. The molecule has 0 saturated heterocycles. The molecule has 0 aliphatic carbocycles. The van der Waals surface area contributed by atoms with Gasteiger partial charge in [-0.05, 0) is 30.4 Å². The molecule has 1 rings (SSSR count). The van der Waals surface area contributed by atoms with Gasteiger partial charge in [0, 0.05) is 11.3 Å². The fourth-order valence-electron chi connectivity index (χ4n) is 1.15. The summed E-state index contributed by atoms with van der Waals surface area (Å²) in [7, 11) is 0.